The molecule has 0 aromatic carbocycles. The van der Waals surface area contributed by atoms with Gasteiger partial charge in [-0.2, -0.15) is 10.2 Å². The van der Waals surface area contributed by atoms with E-state index in [4.69, 9.17) is 0 Å². The van der Waals surface area contributed by atoms with Gasteiger partial charge in [0, 0.05) is 37.8 Å². The molecule has 2 aromatic rings. The summed E-state index contributed by atoms with van der Waals surface area (Å²) in [6.07, 6.45) is 6.88. The van der Waals surface area contributed by atoms with Crippen LogP contribution in [0.5, 0.6) is 0 Å². The lowest BCUT2D eigenvalue weighted by molar-refractivity contribution is -0.137. The quantitative estimate of drug-likeness (QED) is 0.755. The minimum absolute atomic E-state index is 0.152. The van der Waals surface area contributed by atoms with E-state index >= 15 is 0 Å². The maximum absolute atomic E-state index is 13.5. The van der Waals surface area contributed by atoms with Crippen molar-refractivity contribution in [3.63, 3.8) is 0 Å². The number of hydrogen-bond donors (Lipinski definition) is 0. The molecule has 2 aromatic heterocycles. The van der Waals surface area contributed by atoms with Crippen molar-refractivity contribution in [1.29, 1.82) is 0 Å². The lowest BCUT2D eigenvalue weighted by atomic mass is 9.98. The molecule has 0 bridgehead atoms. The van der Waals surface area contributed by atoms with Gasteiger partial charge in [-0.25, -0.2) is 0 Å². The Labute approximate surface area is 162 Å². The predicted molar refractivity (Wildman–Crippen MR) is 106 cm³/mol. The minimum atomic E-state index is 0.152. The molecule has 0 atom stereocenters. The fourth-order valence-corrected chi connectivity index (χ4v) is 4.24. The Kier molecular flexibility index (Phi) is 6.02. The highest BCUT2D eigenvalue weighted by atomic mass is 16.2. The van der Waals surface area contributed by atoms with Crippen LogP contribution < -0.4 is 0 Å². The molecule has 0 unspecified atom stereocenters. The minimum Gasteiger partial charge on any atom is -0.332 e. The first kappa shape index (κ1) is 19.6. The van der Waals surface area contributed by atoms with Gasteiger partial charge in [0.15, 0.2) is 0 Å². The average Bonchev–Trinajstić information content (AvgIpc) is 2.94. The van der Waals surface area contributed by atoms with Crippen LogP contribution >= 0.6 is 0 Å². The monoisotopic (exact) mass is 371 g/mol. The Morgan fingerprint density at radius 1 is 1.04 bits per heavy atom. The molecule has 1 amide bonds. The molecule has 0 N–H and O–H groups in total. The fourth-order valence-electron chi connectivity index (χ4n) is 4.24. The van der Waals surface area contributed by atoms with Gasteiger partial charge in [-0.05, 0) is 39.7 Å². The number of aryl methyl sites for hydroxylation is 4. The van der Waals surface area contributed by atoms with Gasteiger partial charge in [0.25, 0.3) is 0 Å². The first-order valence-electron chi connectivity index (χ1n) is 10.1. The number of carbonyl (C=O) groups excluding carboxylic acids is 1. The Bertz CT molecular complexity index is 796. The van der Waals surface area contributed by atoms with Crippen LogP contribution in [0.2, 0.25) is 0 Å². The van der Waals surface area contributed by atoms with Gasteiger partial charge in [0.2, 0.25) is 5.91 Å². The summed E-state index contributed by atoms with van der Waals surface area (Å²) in [6.45, 7) is 7.32. The fraction of sp³-hybridized carbons (Fsp3) is 0.667. The largest absolute Gasteiger partial charge is 0.332 e. The van der Waals surface area contributed by atoms with Crippen LogP contribution in [0.1, 0.15) is 66.9 Å². The van der Waals surface area contributed by atoms with E-state index in [1.54, 1.807) is 0 Å². The molecule has 0 spiro atoms. The number of nitrogens with zero attached hydrogens (tertiary/aromatic N) is 5. The second-order valence-electron chi connectivity index (χ2n) is 8.06. The van der Waals surface area contributed by atoms with Gasteiger partial charge in [-0.1, -0.05) is 25.7 Å². The molecule has 1 saturated carbocycles. The smallest absolute Gasteiger partial charge is 0.226 e. The molecule has 148 valence electrons. The van der Waals surface area contributed by atoms with Crippen molar-refractivity contribution in [3.05, 3.63) is 34.4 Å². The highest BCUT2D eigenvalue weighted by molar-refractivity contribution is 5.79. The van der Waals surface area contributed by atoms with E-state index in [-0.39, 0.29) is 5.92 Å². The third-order valence-electron chi connectivity index (χ3n) is 5.98. The van der Waals surface area contributed by atoms with Crippen LogP contribution in [0.3, 0.4) is 0 Å². The first-order chi connectivity index (χ1) is 12.9. The Morgan fingerprint density at radius 2 is 1.70 bits per heavy atom. The molecule has 1 aliphatic carbocycles. The van der Waals surface area contributed by atoms with Crippen molar-refractivity contribution in [1.82, 2.24) is 24.5 Å². The van der Waals surface area contributed by atoms with Gasteiger partial charge >= 0.3 is 0 Å². The Morgan fingerprint density at radius 3 is 2.22 bits per heavy atom. The molecule has 2 heterocycles. The summed E-state index contributed by atoms with van der Waals surface area (Å²) < 4.78 is 3.80. The summed E-state index contributed by atoms with van der Waals surface area (Å²) in [5.41, 5.74) is 5.37. The Hall–Kier alpha value is -2.11. The molecule has 1 fully saturated rings. The number of aromatic nitrogens is 4. The van der Waals surface area contributed by atoms with Gasteiger partial charge in [-0.3, -0.25) is 14.2 Å². The molecule has 6 nitrogen and oxygen atoms in total. The molecule has 0 saturated heterocycles. The number of hydrogen-bond acceptors (Lipinski definition) is 3. The van der Waals surface area contributed by atoms with Gasteiger partial charge < -0.3 is 4.90 Å². The standard InChI is InChI=1S/C21H33N5O/c1-15-12-19(25(5)22-15)13-26(14-20-16(2)23-24(4)17(20)3)21(27)18-10-8-6-7-9-11-18/h12,18H,6-11,13-14H2,1-5H3. The first-order valence-corrected chi connectivity index (χ1v) is 10.1. The van der Waals surface area contributed by atoms with Crippen molar-refractivity contribution in [3.8, 4) is 0 Å². The van der Waals surface area contributed by atoms with E-state index < -0.39 is 0 Å². The zero-order valence-electron chi connectivity index (χ0n) is 17.5. The second kappa shape index (κ2) is 8.28. The maximum atomic E-state index is 13.5. The van der Waals surface area contributed by atoms with E-state index in [1.807, 2.05) is 42.2 Å². The molecule has 0 radical (unpaired) electrons. The van der Waals surface area contributed by atoms with E-state index in [2.05, 4.69) is 23.2 Å². The summed E-state index contributed by atoms with van der Waals surface area (Å²) in [4.78, 5) is 15.5. The molecule has 1 aliphatic rings. The average molecular weight is 372 g/mol. The van der Waals surface area contributed by atoms with E-state index in [0.29, 0.717) is 19.0 Å². The zero-order valence-corrected chi connectivity index (χ0v) is 17.5. The molecular weight excluding hydrogens is 338 g/mol. The molecule has 6 heteroatoms. The van der Waals surface area contributed by atoms with Crippen LogP contribution in [-0.4, -0.2) is 30.4 Å². The molecule has 3 rings (SSSR count). The maximum Gasteiger partial charge on any atom is 0.226 e. The van der Waals surface area contributed by atoms with Crippen molar-refractivity contribution in [2.75, 3.05) is 0 Å². The van der Waals surface area contributed by atoms with Crippen molar-refractivity contribution in [2.24, 2.45) is 20.0 Å². The highest BCUT2D eigenvalue weighted by Crippen LogP contribution is 2.27. The van der Waals surface area contributed by atoms with Crippen molar-refractivity contribution in [2.45, 2.75) is 72.4 Å². The van der Waals surface area contributed by atoms with Gasteiger partial charge in [0.05, 0.1) is 23.6 Å². The number of carbonyl (C=O) groups is 1. The van der Waals surface area contributed by atoms with Gasteiger partial charge in [-0.15, -0.1) is 0 Å². The normalized spacial score (nSPS) is 15.7. The van der Waals surface area contributed by atoms with Crippen LogP contribution in [0.15, 0.2) is 6.07 Å². The summed E-state index contributed by atoms with van der Waals surface area (Å²) >= 11 is 0. The SMILES string of the molecule is Cc1cc(CN(Cc2c(C)nn(C)c2C)C(=O)C2CCCCCC2)n(C)n1. The number of amides is 1. The summed E-state index contributed by atoms with van der Waals surface area (Å²) in [6, 6.07) is 2.08. The lowest BCUT2D eigenvalue weighted by Gasteiger charge is -2.27. The third kappa shape index (κ3) is 4.42. The molecule has 0 aliphatic heterocycles. The van der Waals surface area contributed by atoms with Crippen LogP contribution in [0.4, 0.5) is 0 Å². The zero-order chi connectivity index (χ0) is 19.6. The summed E-state index contributed by atoms with van der Waals surface area (Å²) in [7, 11) is 3.92. The third-order valence-corrected chi connectivity index (χ3v) is 5.98. The van der Waals surface area contributed by atoms with E-state index in [9.17, 15) is 4.79 Å². The van der Waals surface area contributed by atoms with Crippen LogP contribution in [0.25, 0.3) is 0 Å². The Balaban J connectivity index is 1.87. The summed E-state index contributed by atoms with van der Waals surface area (Å²) in [5, 5.41) is 9.00. The predicted octanol–water partition coefficient (Wildman–Crippen LogP) is 3.58. The second-order valence-corrected chi connectivity index (χ2v) is 8.06. The highest BCUT2D eigenvalue weighted by Gasteiger charge is 2.27. The van der Waals surface area contributed by atoms with E-state index in [1.165, 1.54) is 31.2 Å². The van der Waals surface area contributed by atoms with Crippen molar-refractivity contribution < 1.29 is 4.79 Å². The van der Waals surface area contributed by atoms with E-state index in [0.717, 1.165) is 35.6 Å². The van der Waals surface area contributed by atoms with Gasteiger partial charge in [0.1, 0.15) is 0 Å². The molecule has 27 heavy (non-hydrogen) atoms. The van der Waals surface area contributed by atoms with Crippen molar-refractivity contribution >= 4 is 5.91 Å². The van der Waals surface area contributed by atoms with Crippen LogP contribution in [-0.2, 0) is 32.0 Å². The van der Waals surface area contributed by atoms with Crippen LogP contribution in [0, 0.1) is 26.7 Å². The topological polar surface area (TPSA) is 56.0 Å². The number of rotatable bonds is 5. The molecular formula is C21H33N5O. The lowest BCUT2D eigenvalue weighted by Crippen LogP contribution is -2.36. The summed E-state index contributed by atoms with van der Waals surface area (Å²) in [5.74, 6) is 0.442.